The smallest absolute Gasteiger partial charge is 0.250 e. The van der Waals surface area contributed by atoms with Crippen LogP contribution < -0.4 is 19.5 Å². The van der Waals surface area contributed by atoms with E-state index in [4.69, 9.17) is 37.4 Å². The van der Waals surface area contributed by atoms with Gasteiger partial charge < -0.3 is 14.2 Å². The summed E-state index contributed by atoms with van der Waals surface area (Å²) in [5.41, 5.74) is 3.18. The molecule has 0 aliphatic rings. The van der Waals surface area contributed by atoms with Crippen LogP contribution in [0.3, 0.4) is 0 Å². The molecule has 0 aliphatic heterocycles. The summed E-state index contributed by atoms with van der Waals surface area (Å²) in [6.07, 6.45) is 3.12. The first-order valence-electron chi connectivity index (χ1n) is 10.8. The van der Waals surface area contributed by atoms with Gasteiger partial charge in [-0.3, -0.25) is 10.1 Å². The molecule has 6 nitrogen and oxygen atoms in total. The molecule has 3 aromatic carbocycles. The van der Waals surface area contributed by atoms with E-state index >= 15 is 0 Å². The molecule has 1 aromatic heterocycles. The van der Waals surface area contributed by atoms with Crippen LogP contribution in [-0.4, -0.2) is 25.1 Å². The predicted molar refractivity (Wildman–Crippen MR) is 146 cm³/mol. The Morgan fingerprint density at radius 1 is 1.00 bits per heavy atom. The Morgan fingerprint density at radius 3 is 2.44 bits per heavy atom. The number of thiazole rings is 1. The van der Waals surface area contributed by atoms with Gasteiger partial charge in [-0.1, -0.05) is 35.3 Å². The van der Waals surface area contributed by atoms with E-state index in [1.165, 1.54) is 17.4 Å². The summed E-state index contributed by atoms with van der Waals surface area (Å²) < 4.78 is 16.5. The van der Waals surface area contributed by atoms with Gasteiger partial charge in [-0.2, -0.15) is 0 Å². The Labute approximate surface area is 223 Å². The molecule has 1 amide bonds. The molecule has 1 N–H and O–H groups in total. The highest BCUT2D eigenvalue weighted by Gasteiger charge is 2.10. The summed E-state index contributed by atoms with van der Waals surface area (Å²) in [5.74, 6) is 1.53. The number of carbonyl (C=O) groups is 1. The molecule has 0 saturated heterocycles. The number of ether oxygens (including phenoxy) is 3. The van der Waals surface area contributed by atoms with Crippen molar-refractivity contribution in [3.8, 4) is 28.5 Å². The van der Waals surface area contributed by atoms with E-state index in [9.17, 15) is 4.79 Å². The normalized spacial score (nSPS) is 10.9. The van der Waals surface area contributed by atoms with Crippen molar-refractivity contribution in [3.63, 3.8) is 0 Å². The van der Waals surface area contributed by atoms with Crippen LogP contribution in [0.25, 0.3) is 17.3 Å². The van der Waals surface area contributed by atoms with Gasteiger partial charge in [0.05, 0.1) is 19.9 Å². The molecule has 0 unspecified atom stereocenters. The van der Waals surface area contributed by atoms with Crippen LogP contribution in [0.1, 0.15) is 11.1 Å². The molecular weight excluding hydrogens is 519 g/mol. The molecule has 184 valence electrons. The number of benzene rings is 3. The standard InChI is InChI=1S/C27H22Cl2N2O4S/c1-33-19-10-8-18(9-11-19)23-16-36-27(30-23)31-26(32)13-7-17-6-12-24(25(14-17)34-2)35-15-20-21(28)4-3-5-22(20)29/h3-14,16H,15H2,1-2H3,(H,30,31,32)/b13-7+. The highest BCUT2D eigenvalue weighted by Crippen LogP contribution is 2.32. The molecule has 0 fully saturated rings. The van der Waals surface area contributed by atoms with Crippen molar-refractivity contribution in [1.29, 1.82) is 0 Å². The van der Waals surface area contributed by atoms with Crippen LogP contribution in [0.4, 0.5) is 5.13 Å². The summed E-state index contributed by atoms with van der Waals surface area (Å²) in [5, 5.41) is 6.25. The molecule has 0 aliphatic carbocycles. The Bertz CT molecular complexity index is 1370. The van der Waals surface area contributed by atoms with Gasteiger partial charge in [0.25, 0.3) is 0 Å². The average molecular weight is 541 g/mol. The molecule has 1 heterocycles. The van der Waals surface area contributed by atoms with Gasteiger partial charge in [-0.25, -0.2) is 4.98 Å². The minimum Gasteiger partial charge on any atom is -0.497 e. The van der Waals surface area contributed by atoms with Gasteiger partial charge in [-0.15, -0.1) is 11.3 Å². The minimum absolute atomic E-state index is 0.193. The number of aromatic nitrogens is 1. The summed E-state index contributed by atoms with van der Waals surface area (Å²) in [6, 6.07) is 18.2. The Balaban J connectivity index is 1.38. The number of amides is 1. The lowest BCUT2D eigenvalue weighted by Crippen LogP contribution is -2.07. The van der Waals surface area contributed by atoms with Crippen LogP contribution in [0.15, 0.2) is 72.1 Å². The van der Waals surface area contributed by atoms with Crippen molar-refractivity contribution in [1.82, 2.24) is 4.98 Å². The van der Waals surface area contributed by atoms with Gasteiger partial charge in [0.1, 0.15) is 12.4 Å². The second kappa shape index (κ2) is 11.9. The maximum atomic E-state index is 12.4. The number of hydrogen-bond donors (Lipinski definition) is 1. The lowest BCUT2D eigenvalue weighted by Gasteiger charge is -2.13. The van der Waals surface area contributed by atoms with Crippen molar-refractivity contribution in [3.05, 3.63) is 93.3 Å². The zero-order valence-corrected chi connectivity index (χ0v) is 21.8. The fourth-order valence-corrected chi connectivity index (χ4v) is 4.50. The summed E-state index contributed by atoms with van der Waals surface area (Å²) in [6.45, 7) is 0.193. The maximum absolute atomic E-state index is 12.4. The molecule has 4 aromatic rings. The summed E-state index contributed by atoms with van der Waals surface area (Å²) in [7, 11) is 3.17. The van der Waals surface area contributed by atoms with Crippen molar-refractivity contribution in [2.75, 3.05) is 19.5 Å². The molecular formula is C27H22Cl2N2O4S. The van der Waals surface area contributed by atoms with E-state index < -0.39 is 0 Å². The average Bonchev–Trinajstić information content (AvgIpc) is 3.36. The minimum atomic E-state index is -0.293. The first-order chi connectivity index (χ1) is 17.5. The molecule has 0 spiro atoms. The summed E-state index contributed by atoms with van der Waals surface area (Å²) >= 11 is 13.8. The lowest BCUT2D eigenvalue weighted by molar-refractivity contribution is -0.111. The van der Waals surface area contributed by atoms with E-state index in [2.05, 4.69) is 10.3 Å². The third-order valence-electron chi connectivity index (χ3n) is 5.17. The highest BCUT2D eigenvalue weighted by molar-refractivity contribution is 7.14. The first-order valence-corrected chi connectivity index (χ1v) is 12.4. The van der Waals surface area contributed by atoms with Gasteiger partial charge in [0, 0.05) is 32.6 Å². The van der Waals surface area contributed by atoms with E-state index in [0.717, 1.165) is 22.6 Å². The van der Waals surface area contributed by atoms with Gasteiger partial charge in [0.2, 0.25) is 5.91 Å². The zero-order chi connectivity index (χ0) is 25.5. The van der Waals surface area contributed by atoms with Crippen LogP contribution in [-0.2, 0) is 11.4 Å². The zero-order valence-electron chi connectivity index (χ0n) is 19.5. The summed E-state index contributed by atoms with van der Waals surface area (Å²) in [4.78, 5) is 16.9. The van der Waals surface area contributed by atoms with Crippen molar-refractivity contribution in [2.45, 2.75) is 6.61 Å². The van der Waals surface area contributed by atoms with Gasteiger partial charge in [-0.05, 0) is 60.2 Å². The first kappa shape index (κ1) is 25.6. The molecule has 0 saturated carbocycles. The monoisotopic (exact) mass is 540 g/mol. The van der Waals surface area contributed by atoms with Gasteiger partial charge in [0.15, 0.2) is 16.6 Å². The number of methoxy groups -OCH3 is 2. The van der Waals surface area contributed by atoms with E-state index in [-0.39, 0.29) is 12.5 Å². The molecule has 4 rings (SSSR count). The van der Waals surface area contributed by atoms with Crippen LogP contribution in [0.2, 0.25) is 10.0 Å². The van der Waals surface area contributed by atoms with Crippen molar-refractivity contribution >= 4 is 51.7 Å². The number of halogens is 2. The second-order valence-electron chi connectivity index (χ2n) is 7.49. The third-order valence-corrected chi connectivity index (χ3v) is 6.63. The fraction of sp³-hybridized carbons (Fsp3) is 0.111. The highest BCUT2D eigenvalue weighted by atomic mass is 35.5. The van der Waals surface area contributed by atoms with Crippen molar-refractivity contribution in [2.24, 2.45) is 0 Å². The largest absolute Gasteiger partial charge is 0.497 e. The topological polar surface area (TPSA) is 69.7 Å². The molecule has 9 heteroatoms. The molecule has 0 radical (unpaired) electrons. The quantitative estimate of drug-likeness (QED) is 0.224. The van der Waals surface area contributed by atoms with Crippen LogP contribution >= 0.6 is 34.5 Å². The Morgan fingerprint density at radius 2 is 1.75 bits per heavy atom. The van der Waals surface area contributed by atoms with E-state index in [1.807, 2.05) is 35.7 Å². The number of carbonyl (C=O) groups excluding carboxylic acids is 1. The SMILES string of the molecule is COc1ccc(-c2csc(NC(=O)/C=C/c3ccc(OCc4c(Cl)cccc4Cl)c(OC)c3)n2)cc1. The van der Waals surface area contributed by atoms with E-state index in [1.54, 1.807) is 50.6 Å². The number of anilines is 1. The molecule has 0 bridgehead atoms. The Hall–Kier alpha value is -3.52. The van der Waals surface area contributed by atoms with E-state index in [0.29, 0.717) is 32.2 Å². The van der Waals surface area contributed by atoms with Crippen LogP contribution in [0, 0.1) is 0 Å². The molecule has 36 heavy (non-hydrogen) atoms. The lowest BCUT2D eigenvalue weighted by atomic mass is 10.2. The third kappa shape index (κ3) is 6.37. The maximum Gasteiger partial charge on any atom is 0.250 e. The number of nitrogens with zero attached hydrogens (tertiary/aromatic N) is 1. The van der Waals surface area contributed by atoms with Gasteiger partial charge >= 0.3 is 0 Å². The number of rotatable bonds is 9. The Kier molecular flexibility index (Phi) is 8.48. The number of hydrogen-bond acceptors (Lipinski definition) is 6. The predicted octanol–water partition coefficient (Wildman–Crippen LogP) is 7.37. The number of nitrogens with one attached hydrogen (secondary N) is 1. The van der Waals surface area contributed by atoms with Crippen molar-refractivity contribution < 1.29 is 19.0 Å². The fourth-order valence-electron chi connectivity index (χ4n) is 3.27. The second-order valence-corrected chi connectivity index (χ2v) is 9.16. The van der Waals surface area contributed by atoms with Crippen LogP contribution in [0.5, 0.6) is 17.2 Å². The molecule has 0 atom stereocenters.